The molecular weight excluding hydrogens is 196 g/mol. The lowest BCUT2D eigenvalue weighted by atomic mass is 9.87. The lowest BCUT2D eigenvalue weighted by molar-refractivity contribution is -0.137. The number of carbonyl (C=O) groups excluding carboxylic acids is 1. The third-order valence-electron chi connectivity index (χ3n) is 2.25. The van der Waals surface area contributed by atoms with Crippen LogP contribution in [0.25, 0.3) is 0 Å². The molecule has 0 radical (unpaired) electrons. The Morgan fingerprint density at radius 3 is 2.40 bits per heavy atom. The fraction of sp³-hybridized carbons (Fsp3) is 0.900. The van der Waals surface area contributed by atoms with Crippen molar-refractivity contribution in [1.82, 2.24) is 10.2 Å². The molecule has 3 N–H and O–H groups in total. The van der Waals surface area contributed by atoms with Crippen molar-refractivity contribution in [2.45, 2.75) is 20.0 Å². The molecule has 0 saturated heterocycles. The summed E-state index contributed by atoms with van der Waals surface area (Å²) >= 11 is 0. The fourth-order valence-corrected chi connectivity index (χ4v) is 0.941. The molecule has 0 fully saturated rings. The largest absolute Gasteiger partial charge is 0.396 e. The van der Waals surface area contributed by atoms with E-state index in [0.29, 0.717) is 6.54 Å². The van der Waals surface area contributed by atoms with Crippen molar-refractivity contribution in [3.05, 3.63) is 0 Å². The predicted octanol–water partition coefficient (Wildman–Crippen LogP) is -0.956. The summed E-state index contributed by atoms with van der Waals surface area (Å²) in [5, 5.41) is 21.2. The molecule has 1 atom stereocenters. The second kappa shape index (κ2) is 6.05. The van der Waals surface area contributed by atoms with Crippen LogP contribution >= 0.6 is 0 Å². The first-order valence-corrected chi connectivity index (χ1v) is 5.02. The van der Waals surface area contributed by atoms with Crippen LogP contribution in [-0.2, 0) is 4.79 Å². The minimum atomic E-state index is -1.18. The van der Waals surface area contributed by atoms with Gasteiger partial charge in [-0.2, -0.15) is 0 Å². The molecule has 15 heavy (non-hydrogen) atoms. The van der Waals surface area contributed by atoms with E-state index in [0.717, 1.165) is 6.54 Å². The van der Waals surface area contributed by atoms with Gasteiger partial charge in [-0.3, -0.25) is 4.79 Å². The molecule has 0 aliphatic carbocycles. The Kier molecular flexibility index (Phi) is 5.79. The van der Waals surface area contributed by atoms with E-state index in [1.54, 1.807) is 13.8 Å². The molecule has 0 bridgehead atoms. The summed E-state index contributed by atoms with van der Waals surface area (Å²) in [5.74, 6) is -0.434. The monoisotopic (exact) mass is 218 g/mol. The quantitative estimate of drug-likeness (QED) is 0.537. The van der Waals surface area contributed by atoms with Gasteiger partial charge in [0.25, 0.3) is 0 Å². The van der Waals surface area contributed by atoms with Gasteiger partial charge in [0.05, 0.1) is 6.61 Å². The summed E-state index contributed by atoms with van der Waals surface area (Å²) in [5.41, 5.74) is -0.803. The molecule has 5 nitrogen and oxygen atoms in total. The standard InChI is InChI=1S/C10H22N2O3/c1-10(2,7-13)8(14)9(15)11-5-6-12(3)4/h8,13-14H,5-7H2,1-4H3,(H,11,15). The minimum absolute atomic E-state index is 0.227. The summed E-state index contributed by atoms with van der Waals surface area (Å²) in [6.45, 7) is 4.27. The second-order valence-corrected chi connectivity index (χ2v) is 4.64. The first kappa shape index (κ1) is 14.3. The van der Waals surface area contributed by atoms with Gasteiger partial charge in [-0.25, -0.2) is 0 Å². The predicted molar refractivity (Wildman–Crippen MR) is 58.4 cm³/mol. The molecule has 0 rings (SSSR count). The Balaban J connectivity index is 4.00. The molecule has 5 heteroatoms. The molecule has 1 unspecified atom stereocenters. The normalized spacial score (nSPS) is 14.1. The van der Waals surface area contributed by atoms with Crippen molar-refractivity contribution >= 4 is 5.91 Å². The van der Waals surface area contributed by atoms with Gasteiger partial charge in [-0.15, -0.1) is 0 Å². The van der Waals surface area contributed by atoms with Crippen molar-refractivity contribution in [2.24, 2.45) is 5.41 Å². The summed E-state index contributed by atoms with van der Waals surface area (Å²) < 4.78 is 0. The molecule has 0 aromatic rings. The number of nitrogens with one attached hydrogen (secondary N) is 1. The maximum absolute atomic E-state index is 11.4. The molecule has 90 valence electrons. The number of carbonyl (C=O) groups is 1. The maximum atomic E-state index is 11.4. The molecule has 0 aliphatic rings. The van der Waals surface area contributed by atoms with Crippen LogP contribution in [0, 0.1) is 5.41 Å². The zero-order chi connectivity index (χ0) is 12.1. The van der Waals surface area contributed by atoms with E-state index in [9.17, 15) is 9.90 Å². The Labute approximate surface area is 91.1 Å². The minimum Gasteiger partial charge on any atom is -0.396 e. The molecule has 0 aliphatic heterocycles. The Morgan fingerprint density at radius 2 is 2.00 bits per heavy atom. The molecule has 0 heterocycles. The third-order valence-corrected chi connectivity index (χ3v) is 2.25. The van der Waals surface area contributed by atoms with Crippen LogP contribution in [0.5, 0.6) is 0 Å². The Hall–Kier alpha value is -0.650. The number of hydrogen-bond acceptors (Lipinski definition) is 4. The van der Waals surface area contributed by atoms with Crippen molar-refractivity contribution in [1.29, 1.82) is 0 Å². The number of hydrogen-bond donors (Lipinski definition) is 3. The highest BCUT2D eigenvalue weighted by atomic mass is 16.3. The van der Waals surface area contributed by atoms with Crippen LogP contribution in [-0.4, -0.2) is 60.9 Å². The van der Waals surface area contributed by atoms with Crippen LogP contribution in [0.3, 0.4) is 0 Å². The first-order valence-electron chi connectivity index (χ1n) is 5.02. The van der Waals surface area contributed by atoms with Crippen LogP contribution in [0.15, 0.2) is 0 Å². The molecule has 0 aromatic heterocycles. The maximum Gasteiger partial charge on any atom is 0.249 e. The summed E-state index contributed by atoms with van der Waals surface area (Å²) in [6, 6.07) is 0. The zero-order valence-corrected chi connectivity index (χ0v) is 9.95. The van der Waals surface area contributed by atoms with Crippen LogP contribution in [0.2, 0.25) is 0 Å². The summed E-state index contributed by atoms with van der Waals surface area (Å²) in [6.07, 6.45) is -1.18. The fourth-order valence-electron chi connectivity index (χ4n) is 0.941. The van der Waals surface area contributed by atoms with Gasteiger partial charge in [0.1, 0.15) is 6.10 Å². The van der Waals surface area contributed by atoms with Crippen LogP contribution < -0.4 is 5.32 Å². The number of likely N-dealkylation sites (N-methyl/N-ethyl adjacent to an activating group) is 1. The van der Waals surface area contributed by atoms with Gasteiger partial charge in [0.15, 0.2) is 0 Å². The van der Waals surface area contributed by atoms with E-state index in [1.807, 2.05) is 19.0 Å². The van der Waals surface area contributed by atoms with Crippen molar-refractivity contribution in [3.8, 4) is 0 Å². The molecule has 0 spiro atoms. The summed E-state index contributed by atoms with van der Waals surface area (Å²) in [4.78, 5) is 13.4. The average Bonchev–Trinajstić information content (AvgIpc) is 2.15. The van der Waals surface area contributed by atoms with E-state index in [1.165, 1.54) is 0 Å². The highest BCUT2D eigenvalue weighted by Crippen LogP contribution is 2.19. The van der Waals surface area contributed by atoms with Gasteiger partial charge >= 0.3 is 0 Å². The van der Waals surface area contributed by atoms with Gasteiger partial charge < -0.3 is 20.4 Å². The topological polar surface area (TPSA) is 72.8 Å². The van der Waals surface area contributed by atoms with Gasteiger partial charge in [0.2, 0.25) is 5.91 Å². The number of aliphatic hydroxyl groups excluding tert-OH is 2. The van der Waals surface area contributed by atoms with Gasteiger partial charge in [0, 0.05) is 18.5 Å². The molecule has 0 saturated carbocycles. The van der Waals surface area contributed by atoms with E-state index >= 15 is 0 Å². The highest BCUT2D eigenvalue weighted by molar-refractivity contribution is 5.81. The van der Waals surface area contributed by atoms with Crippen molar-refractivity contribution in [3.63, 3.8) is 0 Å². The summed E-state index contributed by atoms with van der Waals surface area (Å²) in [7, 11) is 3.81. The van der Waals surface area contributed by atoms with Gasteiger partial charge in [-0.05, 0) is 14.1 Å². The van der Waals surface area contributed by atoms with Crippen molar-refractivity contribution in [2.75, 3.05) is 33.8 Å². The Bertz CT molecular complexity index is 205. The molecule has 0 aromatic carbocycles. The average molecular weight is 218 g/mol. The second-order valence-electron chi connectivity index (χ2n) is 4.64. The SMILES string of the molecule is CN(C)CCNC(=O)C(O)C(C)(C)CO. The number of aliphatic hydroxyl groups is 2. The van der Waals surface area contributed by atoms with Crippen LogP contribution in [0.4, 0.5) is 0 Å². The van der Waals surface area contributed by atoms with Gasteiger partial charge in [-0.1, -0.05) is 13.8 Å². The number of nitrogens with zero attached hydrogens (tertiary/aromatic N) is 1. The molecule has 1 amide bonds. The van der Waals surface area contributed by atoms with Crippen LogP contribution in [0.1, 0.15) is 13.8 Å². The Morgan fingerprint density at radius 1 is 1.47 bits per heavy atom. The lowest BCUT2D eigenvalue weighted by Crippen LogP contribution is -2.46. The van der Waals surface area contributed by atoms with E-state index in [-0.39, 0.29) is 6.61 Å². The highest BCUT2D eigenvalue weighted by Gasteiger charge is 2.32. The number of amides is 1. The lowest BCUT2D eigenvalue weighted by Gasteiger charge is -2.27. The first-order chi connectivity index (χ1) is 6.81. The van der Waals surface area contributed by atoms with E-state index in [2.05, 4.69) is 5.32 Å². The van der Waals surface area contributed by atoms with E-state index in [4.69, 9.17) is 5.11 Å². The third kappa shape index (κ3) is 5.11. The van der Waals surface area contributed by atoms with E-state index < -0.39 is 17.4 Å². The number of rotatable bonds is 6. The zero-order valence-electron chi connectivity index (χ0n) is 9.95. The smallest absolute Gasteiger partial charge is 0.249 e. The van der Waals surface area contributed by atoms with Crippen molar-refractivity contribution < 1.29 is 15.0 Å². The molecular formula is C10H22N2O3.